The number of hydrogen-bond donors (Lipinski definition) is 0. The molecule has 8 nitrogen and oxygen atoms in total. The fourth-order valence-electron chi connectivity index (χ4n) is 5.08. The van der Waals surface area contributed by atoms with Gasteiger partial charge in [0.2, 0.25) is 0 Å². The summed E-state index contributed by atoms with van der Waals surface area (Å²) in [7, 11) is 1.33. The molecule has 0 aliphatic heterocycles. The van der Waals surface area contributed by atoms with Crippen LogP contribution in [0.25, 0.3) is 0 Å². The summed E-state index contributed by atoms with van der Waals surface area (Å²) in [4.78, 5) is 24.9. The molecule has 306 valence electrons. The first-order valence-corrected chi connectivity index (χ1v) is 22.1. The Morgan fingerprint density at radius 2 is 1.09 bits per heavy atom. The Labute approximate surface area is 325 Å². The molecular weight excluding hydrogens is 685 g/mol. The van der Waals surface area contributed by atoms with Crippen molar-refractivity contribution >= 4 is 13.8 Å². The van der Waals surface area contributed by atoms with Gasteiger partial charge in [0.15, 0.2) is 0 Å². The second-order valence-corrected chi connectivity index (χ2v) is 16.0. The highest BCUT2D eigenvalue weighted by molar-refractivity contribution is 7.45. The maximum atomic E-state index is 12.6. The van der Waals surface area contributed by atoms with Gasteiger partial charge in [-0.3, -0.25) is 9.36 Å². The predicted octanol–water partition coefficient (Wildman–Crippen LogP) is 11.3. The van der Waals surface area contributed by atoms with Crippen LogP contribution in [0.15, 0.2) is 72.9 Å². The SMILES string of the molecule is CC/C=C\C/C=C\C/C=C\C/C=C\C/C=C\C/C=C\CCCCCCCCC(=O)OC(COCCCCCCCC)COP(=O)([O-])OCC[N+](C)(C)C. The van der Waals surface area contributed by atoms with Crippen molar-refractivity contribution < 1.29 is 37.3 Å². The topological polar surface area (TPSA) is 94.1 Å². The quantitative estimate of drug-likeness (QED) is 0.0204. The number of carbonyl (C=O) groups excluding carboxylic acids is 1. The van der Waals surface area contributed by atoms with Gasteiger partial charge in [-0.15, -0.1) is 0 Å². The van der Waals surface area contributed by atoms with Gasteiger partial charge in [0.05, 0.1) is 34.4 Å². The first kappa shape index (κ1) is 50.9. The minimum Gasteiger partial charge on any atom is -0.756 e. The second-order valence-electron chi connectivity index (χ2n) is 14.6. The molecule has 0 fully saturated rings. The zero-order valence-corrected chi connectivity index (χ0v) is 35.3. The number of quaternary nitrogens is 1. The number of ether oxygens (including phenoxy) is 2. The standard InChI is InChI=1S/C44H78NO7P/c1-6-8-10-12-14-15-16-17-18-19-20-21-22-23-24-25-26-27-28-29-30-31-32-33-35-37-44(46)52-43(41-49-39-36-34-13-11-9-7-2)42-51-53(47,48)50-40-38-45(3,4)5/h8,10,14-15,17-18,20-21,23-24,26-27,43H,6-7,9,11-13,16,19,22,25,28-42H2,1-5H3/b10-8-,15-14-,18-17-,21-20-,24-23-,27-26-. The van der Waals surface area contributed by atoms with Gasteiger partial charge in [0.1, 0.15) is 19.3 Å². The van der Waals surface area contributed by atoms with Gasteiger partial charge < -0.3 is 27.9 Å². The molecular formula is C44H78NO7P. The maximum absolute atomic E-state index is 12.6. The van der Waals surface area contributed by atoms with E-state index in [1.165, 1.54) is 38.5 Å². The third-order valence-electron chi connectivity index (χ3n) is 8.27. The van der Waals surface area contributed by atoms with Gasteiger partial charge >= 0.3 is 5.97 Å². The molecule has 53 heavy (non-hydrogen) atoms. The van der Waals surface area contributed by atoms with E-state index in [1.54, 1.807) is 0 Å². The van der Waals surface area contributed by atoms with E-state index in [9.17, 15) is 14.3 Å². The van der Waals surface area contributed by atoms with Crippen LogP contribution in [-0.2, 0) is 27.9 Å². The van der Waals surface area contributed by atoms with E-state index in [4.69, 9.17) is 18.5 Å². The van der Waals surface area contributed by atoms with Crippen LogP contribution in [0.3, 0.4) is 0 Å². The molecule has 0 aromatic heterocycles. The molecule has 0 aliphatic rings. The lowest BCUT2D eigenvalue weighted by atomic mass is 10.1. The summed E-state index contributed by atoms with van der Waals surface area (Å²) in [5.74, 6) is -0.355. The highest BCUT2D eigenvalue weighted by Gasteiger charge is 2.20. The Morgan fingerprint density at radius 3 is 1.64 bits per heavy atom. The monoisotopic (exact) mass is 764 g/mol. The van der Waals surface area contributed by atoms with Gasteiger partial charge in [-0.2, -0.15) is 0 Å². The molecule has 0 aromatic carbocycles. The van der Waals surface area contributed by atoms with Crippen molar-refractivity contribution in [2.75, 3.05) is 54.1 Å². The van der Waals surface area contributed by atoms with Crippen LogP contribution in [0.5, 0.6) is 0 Å². The molecule has 0 rings (SSSR count). The third kappa shape index (κ3) is 41.0. The summed E-state index contributed by atoms with van der Waals surface area (Å²) in [6, 6.07) is 0. The molecule has 0 saturated carbocycles. The minimum atomic E-state index is -4.52. The number of nitrogens with zero attached hydrogens (tertiary/aromatic N) is 1. The van der Waals surface area contributed by atoms with Crippen molar-refractivity contribution in [3.05, 3.63) is 72.9 Å². The van der Waals surface area contributed by atoms with Crippen LogP contribution in [-0.4, -0.2) is 70.7 Å². The fraction of sp³-hybridized carbons (Fsp3) is 0.705. The molecule has 0 bridgehead atoms. The number of allylic oxidation sites excluding steroid dienone is 12. The molecule has 9 heteroatoms. The molecule has 0 saturated heterocycles. The molecule has 0 aliphatic carbocycles. The lowest BCUT2D eigenvalue weighted by molar-refractivity contribution is -0.870. The van der Waals surface area contributed by atoms with Crippen LogP contribution in [0.4, 0.5) is 0 Å². The molecule has 2 unspecified atom stereocenters. The second kappa shape index (κ2) is 36.9. The van der Waals surface area contributed by atoms with E-state index in [0.717, 1.165) is 83.5 Å². The maximum Gasteiger partial charge on any atom is 0.306 e. The molecule has 0 spiro atoms. The Bertz CT molecular complexity index is 1070. The van der Waals surface area contributed by atoms with Crippen LogP contribution in [0.1, 0.15) is 142 Å². The van der Waals surface area contributed by atoms with E-state index < -0.39 is 13.9 Å². The van der Waals surface area contributed by atoms with Gasteiger partial charge in [-0.05, 0) is 64.2 Å². The summed E-state index contributed by atoms with van der Waals surface area (Å²) in [6.07, 6.45) is 46.5. The number of likely N-dealkylation sites (N-methyl/N-ethyl adjacent to an activating group) is 1. The van der Waals surface area contributed by atoms with Crippen molar-refractivity contribution in [1.82, 2.24) is 0 Å². The molecule has 0 radical (unpaired) electrons. The Hall–Kier alpha value is -2.06. The average molecular weight is 764 g/mol. The number of unbranched alkanes of at least 4 members (excludes halogenated alkanes) is 11. The molecule has 0 N–H and O–H groups in total. The van der Waals surface area contributed by atoms with Crippen LogP contribution in [0.2, 0.25) is 0 Å². The van der Waals surface area contributed by atoms with E-state index >= 15 is 0 Å². The summed E-state index contributed by atoms with van der Waals surface area (Å²) < 4.78 is 34.3. The van der Waals surface area contributed by atoms with E-state index in [1.807, 2.05) is 21.1 Å². The predicted molar refractivity (Wildman–Crippen MR) is 222 cm³/mol. The van der Waals surface area contributed by atoms with Crippen LogP contribution in [0, 0.1) is 0 Å². The van der Waals surface area contributed by atoms with Crippen LogP contribution >= 0.6 is 7.82 Å². The van der Waals surface area contributed by atoms with Gasteiger partial charge in [0, 0.05) is 13.0 Å². The fourth-order valence-corrected chi connectivity index (χ4v) is 5.81. The molecule has 0 heterocycles. The number of rotatable bonds is 37. The third-order valence-corrected chi connectivity index (χ3v) is 9.24. The molecule has 0 amide bonds. The average Bonchev–Trinajstić information content (AvgIpc) is 3.11. The van der Waals surface area contributed by atoms with Crippen molar-refractivity contribution in [2.45, 2.75) is 148 Å². The minimum absolute atomic E-state index is 0.0196. The summed E-state index contributed by atoms with van der Waals surface area (Å²) in [5, 5.41) is 0. The number of esters is 1. The Morgan fingerprint density at radius 1 is 0.604 bits per heavy atom. The van der Waals surface area contributed by atoms with Crippen molar-refractivity contribution in [3.63, 3.8) is 0 Å². The number of hydrogen-bond acceptors (Lipinski definition) is 7. The van der Waals surface area contributed by atoms with E-state index in [2.05, 4.69) is 86.8 Å². The van der Waals surface area contributed by atoms with Crippen LogP contribution < -0.4 is 4.89 Å². The number of phosphoric acid groups is 1. The number of phosphoric ester groups is 1. The summed E-state index contributed by atoms with van der Waals surface area (Å²) >= 11 is 0. The lowest BCUT2D eigenvalue weighted by Gasteiger charge is -2.28. The number of carbonyl (C=O) groups is 1. The highest BCUT2D eigenvalue weighted by atomic mass is 31.2. The lowest BCUT2D eigenvalue weighted by Crippen LogP contribution is -2.37. The first-order chi connectivity index (χ1) is 25.6. The zero-order valence-electron chi connectivity index (χ0n) is 34.4. The zero-order chi connectivity index (χ0) is 39.1. The van der Waals surface area contributed by atoms with Gasteiger partial charge in [-0.1, -0.05) is 145 Å². The summed E-state index contributed by atoms with van der Waals surface area (Å²) in [6.45, 7) is 5.20. The first-order valence-electron chi connectivity index (χ1n) is 20.7. The van der Waals surface area contributed by atoms with Crippen molar-refractivity contribution in [2.24, 2.45) is 0 Å². The molecule has 2 atom stereocenters. The van der Waals surface area contributed by atoms with Gasteiger partial charge in [-0.25, -0.2) is 0 Å². The smallest absolute Gasteiger partial charge is 0.306 e. The van der Waals surface area contributed by atoms with E-state index in [-0.39, 0.29) is 25.8 Å². The van der Waals surface area contributed by atoms with Gasteiger partial charge in [0.25, 0.3) is 7.82 Å². The summed E-state index contributed by atoms with van der Waals surface area (Å²) in [5.41, 5.74) is 0. The molecule has 0 aromatic rings. The largest absolute Gasteiger partial charge is 0.756 e. The van der Waals surface area contributed by atoms with Crippen molar-refractivity contribution in [1.29, 1.82) is 0 Å². The Kier molecular flexibility index (Phi) is 35.5. The van der Waals surface area contributed by atoms with Crippen molar-refractivity contribution in [3.8, 4) is 0 Å². The normalized spacial score (nSPS) is 14.6. The Balaban J connectivity index is 4.12. The van der Waals surface area contributed by atoms with E-state index in [0.29, 0.717) is 24.1 Å². The highest BCUT2D eigenvalue weighted by Crippen LogP contribution is 2.38.